The summed E-state index contributed by atoms with van der Waals surface area (Å²) < 4.78 is 1.21. The summed E-state index contributed by atoms with van der Waals surface area (Å²) >= 11 is 0. The molecule has 0 unspecified atom stereocenters. The van der Waals surface area contributed by atoms with Crippen molar-refractivity contribution in [3.8, 4) is 0 Å². The molecule has 0 saturated heterocycles. The van der Waals surface area contributed by atoms with Crippen molar-refractivity contribution in [1.29, 1.82) is 0 Å². The van der Waals surface area contributed by atoms with Gasteiger partial charge < -0.3 is 4.90 Å². The van der Waals surface area contributed by atoms with E-state index in [0.29, 0.717) is 5.92 Å². The third-order valence-corrected chi connectivity index (χ3v) is 3.51. The quantitative estimate of drug-likeness (QED) is 0.804. The predicted molar refractivity (Wildman–Crippen MR) is 66.3 cm³/mol. The molecule has 1 atom stereocenters. The molecule has 1 aliphatic carbocycles. The number of likely N-dealkylation sites (N-methyl/N-ethyl adjacent to an activating group) is 1. The second-order valence-corrected chi connectivity index (χ2v) is 4.82. The molecule has 1 heterocycles. The fraction of sp³-hybridized carbons (Fsp3) is 0.583. The van der Waals surface area contributed by atoms with Crippen LogP contribution in [0.2, 0.25) is 0 Å². The fourth-order valence-corrected chi connectivity index (χ4v) is 1.95. The van der Waals surface area contributed by atoms with Crippen molar-refractivity contribution in [3.63, 3.8) is 0 Å². The molecule has 1 fully saturated rings. The summed E-state index contributed by atoms with van der Waals surface area (Å²) in [6.07, 6.45) is 3.67. The van der Waals surface area contributed by atoms with Gasteiger partial charge in [-0.05, 0) is 25.7 Å². The maximum Gasteiger partial charge on any atom is 0.328 e. The number of nitrogens with one attached hydrogen (secondary N) is 1. The molecule has 1 aromatic rings. The Hall–Kier alpha value is -1.85. The lowest BCUT2D eigenvalue weighted by molar-refractivity contribution is -0.132. The van der Waals surface area contributed by atoms with Crippen molar-refractivity contribution < 1.29 is 4.79 Å². The van der Waals surface area contributed by atoms with Crippen molar-refractivity contribution in [2.45, 2.75) is 32.4 Å². The fourth-order valence-electron chi connectivity index (χ4n) is 1.95. The van der Waals surface area contributed by atoms with Crippen molar-refractivity contribution in [2.24, 2.45) is 5.92 Å². The summed E-state index contributed by atoms with van der Waals surface area (Å²) in [4.78, 5) is 38.2. The zero-order valence-electron chi connectivity index (χ0n) is 10.5. The number of aromatic nitrogens is 2. The van der Waals surface area contributed by atoms with Crippen LogP contribution in [0.5, 0.6) is 0 Å². The Bertz CT molecular complexity index is 556. The van der Waals surface area contributed by atoms with Crippen LogP contribution < -0.4 is 11.2 Å². The van der Waals surface area contributed by atoms with Crippen LogP contribution in [-0.2, 0) is 11.3 Å². The monoisotopic (exact) mass is 251 g/mol. The lowest BCUT2D eigenvalue weighted by Crippen LogP contribution is -2.41. The maximum absolute atomic E-state index is 12.0. The van der Waals surface area contributed by atoms with E-state index in [9.17, 15) is 14.4 Å². The number of H-pyrrole nitrogens is 1. The number of carbonyl (C=O) groups is 1. The minimum Gasteiger partial charge on any atom is -0.341 e. The number of aromatic amines is 1. The lowest BCUT2D eigenvalue weighted by Gasteiger charge is -2.25. The van der Waals surface area contributed by atoms with Gasteiger partial charge in [-0.1, -0.05) is 0 Å². The Morgan fingerprint density at radius 3 is 2.78 bits per heavy atom. The highest BCUT2D eigenvalue weighted by atomic mass is 16.2. The number of nitrogens with zero attached hydrogens (tertiary/aromatic N) is 2. The first-order chi connectivity index (χ1) is 8.49. The van der Waals surface area contributed by atoms with E-state index in [1.807, 2.05) is 6.92 Å². The maximum atomic E-state index is 12.0. The van der Waals surface area contributed by atoms with Crippen LogP contribution in [0.4, 0.5) is 0 Å². The van der Waals surface area contributed by atoms with Gasteiger partial charge in [0.15, 0.2) is 0 Å². The third-order valence-electron chi connectivity index (χ3n) is 3.51. The van der Waals surface area contributed by atoms with Gasteiger partial charge in [0.1, 0.15) is 6.54 Å². The van der Waals surface area contributed by atoms with Gasteiger partial charge in [-0.2, -0.15) is 0 Å². The summed E-state index contributed by atoms with van der Waals surface area (Å²) in [7, 11) is 1.75. The third kappa shape index (κ3) is 2.69. The average molecular weight is 251 g/mol. The predicted octanol–water partition coefficient (Wildman–Crippen LogP) is -0.206. The van der Waals surface area contributed by atoms with Gasteiger partial charge in [-0.3, -0.25) is 19.1 Å². The lowest BCUT2D eigenvalue weighted by atomic mass is 10.2. The van der Waals surface area contributed by atoms with Gasteiger partial charge in [0.05, 0.1) is 0 Å². The van der Waals surface area contributed by atoms with Crippen LogP contribution in [0, 0.1) is 5.92 Å². The number of hydrogen-bond acceptors (Lipinski definition) is 3. The Morgan fingerprint density at radius 1 is 1.56 bits per heavy atom. The van der Waals surface area contributed by atoms with Crippen molar-refractivity contribution >= 4 is 5.91 Å². The second kappa shape index (κ2) is 4.80. The van der Waals surface area contributed by atoms with Gasteiger partial charge in [-0.25, -0.2) is 4.79 Å². The van der Waals surface area contributed by atoms with Gasteiger partial charge in [0.2, 0.25) is 5.91 Å². The molecule has 1 aromatic heterocycles. The molecule has 98 valence electrons. The van der Waals surface area contributed by atoms with Crippen LogP contribution >= 0.6 is 0 Å². The summed E-state index contributed by atoms with van der Waals surface area (Å²) in [5.41, 5.74) is -1.01. The normalized spacial score (nSPS) is 16.3. The van der Waals surface area contributed by atoms with E-state index in [1.165, 1.54) is 16.8 Å². The molecule has 0 bridgehead atoms. The summed E-state index contributed by atoms with van der Waals surface area (Å²) in [6, 6.07) is 1.44. The van der Waals surface area contributed by atoms with E-state index in [0.717, 1.165) is 12.8 Å². The van der Waals surface area contributed by atoms with E-state index >= 15 is 0 Å². The highest BCUT2D eigenvalue weighted by molar-refractivity contribution is 5.76. The molecular formula is C12H17N3O3. The first-order valence-electron chi connectivity index (χ1n) is 6.04. The zero-order valence-corrected chi connectivity index (χ0v) is 10.5. The second-order valence-electron chi connectivity index (χ2n) is 4.82. The van der Waals surface area contributed by atoms with Crippen LogP contribution in [0.1, 0.15) is 19.8 Å². The molecule has 1 amide bonds. The average Bonchev–Trinajstić information content (AvgIpc) is 3.14. The summed E-state index contributed by atoms with van der Waals surface area (Å²) in [5.74, 6) is 0.467. The molecule has 0 spiro atoms. The van der Waals surface area contributed by atoms with Crippen LogP contribution in [0.25, 0.3) is 0 Å². The Morgan fingerprint density at radius 2 is 2.22 bits per heavy atom. The van der Waals surface area contributed by atoms with Crippen molar-refractivity contribution in [1.82, 2.24) is 14.5 Å². The molecule has 1 N–H and O–H groups in total. The van der Waals surface area contributed by atoms with E-state index in [-0.39, 0.29) is 18.5 Å². The highest BCUT2D eigenvalue weighted by Gasteiger charge is 2.32. The minimum absolute atomic E-state index is 0.0385. The van der Waals surface area contributed by atoms with Gasteiger partial charge in [0.25, 0.3) is 5.56 Å². The van der Waals surface area contributed by atoms with Crippen LogP contribution in [-0.4, -0.2) is 33.4 Å². The Kier molecular flexibility index (Phi) is 3.36. The molecule has 0 aromatic carbocycles. The molecular weight excluding hydrogens is 234 g/mol. The first kappa shape index (κ1) is 12.6. The number of hydrogen-bond donors (Lipinski definition) is 1. The van der Waals surface area contributed by atoms with Crippen molar-refractivity contribution in [3.05, 3.63) is 33.1 Å². The van der Waals surface area contributed by atoms with Gasteiger partial charge in [-0.15, -0.1) is 0 Å². The minimum atomic E-state index is -0.552. The largest absolute Gasteiger partial charge is 0.341 e. The van der Waals surface area contributed by atoms with E-state index < -0.39 is 11.2 Å². The number of carbonyl (C=O) groups excluding carboxylic acids is 1. The SMILES string of the molecule is C[C@H](C1CC1)N(C)C(=O)Cn1ccc(=O)[nH]c1=O. The Balaban J connectivity index is 2.06. The highest BCUT2D eigenvalue weighted by Crippen LogP contribution is 2.34. The smallest absolute Gasteiger partial charge is 0.328 e. The summed E-state index contributed by atoms with van der Waals surface area (Å²) in [6.45, 7) is 1.98. The standard InChI is InChI=1S/C12H17N3O3/c1-8(9-3-4-9)14(2)11(17)7-15-6-5-10(16)13-12(15)18/h5-6,8-9H,3-4,7H2,1-2H3,(H,13,16,18)/t8-/m1/s1. The van der Waals surface area contributed by atoms with E-state index in [4.69, 9.17) is 0 Å². The summed E-state index contributed by atoms with van der Waals surface area (Å²) in [5, 5.41) is 0. The molecule has 0 aliphatic heterocycles. The molecule has 18 heavy (non-hydrogen) atoms. The first-order valence-corrected chi connectivity index (χ1v) is 6.04. The Labute approximate surface area is 104 Å². The van der Waals surface area contributed by atoms with Crippen molar-refractivity contribution in [2.75, 3.05) is 7.05 Å². The van der Waals surface area contributed by atoms with Crippen LogP contribution in [0.15, 0.2) is 21.9 Å². The van der Waals surface area contributed by atoms with Crippen LogP contribution in [0.3, 0.4) is 0 Å². The topological polar surface area (TPSA) is 75.2 Å². The van der Waals surface area contributed by atoms with E-state index in [1.54, 1.807) is 11.9 Å². The zero-order chi connectivity index (χ0) is 13.3. The molecule has 1 aliphatic rings. The number of amides is 1. The van der Waals surface area contributed by atoms with E-state index in [2.05, 4.69) is 4.98 Å². The molecule has 6 nitrogen and oxygen atoms in total. The molecule has 1 saturated carbocycles. The van der Waals surface area contributed by atoms with Gasteiger partial charge >= 0.3 is 5.69 Å². The number of rotatable bonds is 4. The van der Waals surface area contributed by atoms with Gasteiger partial charge in [0, 0.05) is 25.4 Å². The molecule has 0 radical (unpaired) electrons. The molecule has 2 rings (SSSR count). The molecule has 6 heteroatoms.